The number of hydrogen-bond acceptors (Lipinski definition) is 5. The largest absolute Gasteiger partial charge is 0.468 e. The average Bonchev–Trinajstić information content (AvgIpc) is 3.37. The van der Waals surface area contributed by atoms with E-state index in [2.05, 4.69) is 4.90 Å². The summed E-state index contributed by atoms with van der Waals surface area (Å²) in [6.07, 6.45) is 7.56. The zero-order valence-electron chi connectivity index (χ0n) is 14.8. The van der Waals surface area contributed by atoms with E-state index in [-0.39, 0.29) is 24.7 Å². The molecule has 3 saturated heterocycles. The van der Waals surface area contributed by atoms with Crippen LogP contribution in [0.4, 0.5) is 0 Å². The van der Waals surface area contributed by atoms with Gasteiger partial charge >= 0.3 is 0 Å². The van der Waals surface area contributed by atoms with Gasteiger partial charge in [0.25, 0.3) is 0 Å². The molecule has 1 amide bonds. The molecule has 6 nitrogen and oxygen atoms in total. The molecular formula is C19H28N2O4. The second kappa shape index (κ2) is 7.89. The van der Waals surface area contributed by atoms with Gasteiger partial charge in [0.05, 0.1) is 31.6 Å². The van der Waals surface area contributed by atoms with E-state index in [1.807, 2.05) is 17.0 Å². The molecule has 3 fully saturated rings. The number of nitrogens with zero attached hydrogens (tertiary/aromatic N) is 2. The summed E-state index contributed by atoms with van der Waals surface area (Å²) < 4.78 is 17.4. The van der Waals surface area contributed by atoms with Crippen LogP contribution in [0, 0.1) is 0 Å². The molecule has 0 spiro atoms. The molecule has 3 atom stereocenters. The monoisotopic (exact) mass is 348 g/mol. The first-order valence-electron chi connectivity index (χ1n) is 9.57. The number of likely N-dealkylation sites (tertiary alicyclic amines) is 2. The Bertz CT molecular complexity index is 556. The molecule has 0 bridgehead atoms. The summed E-state index contributed by atoms with van der Waals surface area (Å²) in [5.74, 6) is 1.14. The second-order valence-electron chi connectivity index (χ2n) is 7.38. The van der Waals surface area contributed by atoms with E-state index in [1.165, 1.54) is 0 Å². The zero-order chi connectivity index (χ0) is 17.1. The van der Waals surface area contributed by atoms with Crippen molar-refractivity contribution in [3.63, 3.8) is 0 Å². The van der Waals surface area contributed by atoms with Crippen molar-refractivity contribution < 1.29 is 18.7 Å². The van der Waals surface area contributed by atoms with Gasteiger partial charge in [0.2, 0.25) is 5.91 Å². The van der Waals surface area contributed by atoms with Crippen LogP contribution in [-0.4, -0.2) is 66.8 Å². The lowest BCUT2D eigenvalue weighted by atomic mass is 9.99. The molecule has 0 radical (unpaired) electrons. The molecule has 1 aromatic rings. The van der Waals surface area contributed by atoms with Crippen LogP contribution in [0.1, 0.15) is 37.9 Å². The molecule has 4 heterocycles. The Morgan fingerprint density at radius 2 is 2.08 bits per heavy atom. The van der Waals surface area contributed by atoms with Gasteiger partial charge in [-0.3, -0.25) is 9.69 Å². The normalized spacial score (nSPS) is 29.9. The van der Waals surface area contributed by atoms with Crippen molar-refractivity contribution in [1.29, 1.82) is 0 Å². The van der Waals surface area contributed by atoms with Crippen molar-refractivity contribution in [2.45, 2.75) is 56.9 Å². The number of carbonyl (C=O) groups is 1. The molecule has 0 aromatic carbocycles. The Labute approximate surface area is 149 Å². The van der Waals surface area contributed by atoms with Crippen molar-refractivity contribution in [2.75, 3.05) is 32.8 Å². The maximum absolute atomic E-state index is 12.0. The lowest BCUT2D eigenvalue weighted by molar-refractivity contribution is -0.139. The van der Waals surface area contributed by atoms with Gasteiger partial charge in [-0.15, -0.1) is 0 Å². The Morgan fingerprint density at radius 1 is 1.20 bits per heavy atom. The molecule has 0 aliphatic carbocycles. The first kappa shape index (κ1) is 17.1. The first-order chi connectivity index (χ1) is 12.3. The van der Waals surface area contributed by atoms with E-state index >= 15 is 0 Å². The summed E-state index contributed by atoms with van der Waals surface area (Å²) in [6.45, 7) is 4.41. The molecule has 0 unspecified atom stereocenters. The van der Waals surface area contributed by atoms with Crippen molar-refractivity contribution >= 4 is 5.91 Å². The molecule has 25 heavy (non-hydrogen) atoms. The van der Waals surface area contributed by atoms with E-state index in [0.29, 0.717) is 12.6 Å². The van der Waals surface area contributed by atoms with Crippen molar-refractivity contribution in [3.8, 4) is 0 Å². The fourth-order valence-electron chi connectivity index (χ4n) is 4.34. The molecule has 0 N–H and O–H groups in total. The Morgan fingerprint density at radius 3 is 2.88 bits per heavy atom. The lowest BCUT2D eigenvalue weighted by Gasteiger charge is -2.35. The van der Waals surface area contributed by atoms with Gasteiger partial charge in [0.1, 0.15) is 12.4 Å². The summed E-state index contributed by atoms with van der Waals surface area (Å²) in [5.41, 5.74) is 0. The maximum atomic E-state index is 12.0. The minimum Gasteiger partial charge on any atom is -0.468 e. The zero-order valence-corrected chi connectivity index (χ0v) is 14.8. The third-order valence-corrected chi connectivity index (χ3v) is 5.68. The number of rotatable bonds is 6. The first-order valence-corrected chi connectivity index (χ1v) is 9.57. The number of amides is 1. The third kappa shape index (κ3) is 4.07. The number of fused-ring (bicyclic) bond motifs is 1. The van der Waals surface area contributed by atoms with Crippen molar-refractivity contribution in [3.05, 3.63) is 24.2 Å². The molecular weight excluding hydrogens is 320 g/mol. The molecule has 3 aliphatic heterocycles. The Kier molecular flexibility index (Phi) is 5.39. The molecule has 0 saturated carbocycles. The summed E-state index contributed by atoms with van der Waals surface area (Å²) in [4.78, 5) is 16.4. The number of furan rings is 1. The summed E-state index contributed by atoms with van der Waals surface area (Å²) in [6, 6.07) is 4.45. The van der Waals surface area contributed by atoms with Gasteiger partial charge in [-0.25, -0.2) is 0 Å². The number of hydrogen-bond donors (Lipinski definition) is 0. The van der Waals surface area contributed by atoms with E-state index < -0.39 is 0 Å². The van der Waals surface area contributed by atoms with Crippen LogP contribution in [0.15, 0.2) is 22.8 Å². The lowest BCUT2D eigenvalue weighted by Crippen LogP contribution is -2.43. The van der Waals surface area contributed by atoms with Crippen LogP contribution < -0.4 is 0 Å². The average molecular weight is 348 g/mol. The van der Waals surface area contributed by atoms with Crippen LogP contribution in [0.5, 0.6) is 0 Å². The fraction of sp³-hybridized carbons (Fsp3) is 0.737. The summed E-state index contributed by atoms with van der Waals surface area (Å²) in [5, 5.41) is 0. The fourth-order valence-corrected chi connectivity index (χ4v) is 4.34. The molecule has 6 heteroatoms. The predicted molar refractivity (Wildman–Crippen MR) is 92.1 cm³/mol. The van der Waals surface area contributed by atoms with Crippen LogP contribution in [0.2, 0.25) is 0 Å². The number of ether oxygens (including phenoxy) is 2. The van der Waals surface area contributed by atoms with E-state index in [1.54, 1.807) is 6.26 Å². The molecule has 1 aromatic heterocycles. The van der Waals surface area contributed by atoms with Gasteiger partial charge < -0.3 is 18.8 Å². The van der Waals surface area contributed by atoms with Gasteiger partial charge in [-0.2, -0.15) is 0 Å². The van der Waals surface area contributed by atoms with E-state index in [9.17, 15) is 4.79 Å². The SMILES string of the molecule is O=C(COC[C@H]1CC[C@H]2[C@H](CCN2Cc2ccco2)O1)N1CCCC1. The predicted octanol–water partition coefficient (Wildman–Crippen LogP) is 2.04. The van der Waals surface area contributed by atoms with Gasteiger partial charge in [-0.05, 0) is 44.2 Å². The van der Waals surface area contributed by atoms with Gasteiger partial charge in [-0.1, -0.05) is 0 Å². The Balaban J connectivity index is 1.19. The third-order valence-electron chi connectivity index (χ3n) is 5.68. The van der Waals surface area contributed by atoms with Crippen LogP contribution in [0.25, 0.3) is 0 Å². The number of carbonyl (C=O) groups excluding carboxylic acids is 1. The van der Waals surface area contributed by atoms with Crippen LogP contribution in [-0.2, 0) is 20.8 Å². The van der Waals surface area contributed by atoms with Gasteiger partial charge in [0.15, 0.2) is 0 Å². The minimum atomic E-state index is 0.121. The van der Waals surface area contributed by atoms with Crippen LogP contribution >= 0.6 is 0 Å². The molecule has 3 aliphatic rings. The second-order valence-corrected chi connectivity index (χ2v) is 7.38. The highest BCUT2D eigenvalue weighted by Gasteiger charge is 2.40. The highest BCUT2D eigenvalue weighted by Crippen LogP contribution is 2.32. The molecule has 138 valence electrons. The quantitative estimate of drug-likeness (QED) is 0.787. The highest BCUT2D eigenvalue weighted by molar-refractivity contribution is 5.77. The van der Waals surface area contributed by atoms with Gasteiger partial charge in [0, 0.05) is 25.7 Å². The smallest absolute Gasteiger partial charge is 0.248 e. The standard InChI is InChI=1S/C19H28N2O4/c22-19(20-8-1-2-9-20)14-23-13-16-5-6-17-18(25-16)7-10-21(17)12-15-4-3-11-24-15/h3-4,11,16-18H,1-2,5-10,12-14H2/t16-,17+,18+/m1/s1. The molecule has 4 rings (SSSR count). The van der Waals surface area contributed by atoms with Crippen molar-refractivity contribution in [2.24, 2.45) is 0 Å². The van der Waals surface area contributed by atoms with Crippen LogP contribution in [0.3, 0.4) is 0 Å². The maximum Gasteiger partial charge on any atom is 0.248 e. The van der Waals surface area contributed by atoms with E-state index in [4.69, 9.17) is 13.9 Å². The van der Waals surface area contributed by atoms with Crippen molar-refractivity contribution in [1.82, 2.24) is 9.80 Å². The summed E-state index contributed by atoms with van der Waals surface area (Å²) in [7, 11) is 0. The Hall–Kier alpha value is -1.37. The topological polar surface area (TPSA) is 55.1 Å². The van der Waals surface area contributed by atoms with E-state index in [0.717, 1.165) is 64.0 Å². The highest BCUT2D eigenvalue weighted by atomic mass is 16.5. The minimum absolute atomic E-state index is 0.121. The summed E-state index contributed by atoms with van der Waals surface area (Å²) >= 11 is 0.